The van der Waals surface area contributed by atoms with Gasteiger partial charge in [-0.25, -0.2) is 4.79 Å². The number of nitrogens with zero attached hydrogens (tertiary/aromatic N) is 5. The van der Waals surface area contributed by atoms with Crippen LogP contribution in [0.5, 0.6) is 0 Å². The molecule has 2 aromatic carbocycles. The Morgan fingerprint density at radius 1 is 0.969 bits per heavy atom. The highest BCUT2D eigenvalue weighted by Crippen LogP contribution is 2.31. The Bertz CT molecular complexity index is 1470. The van der Waals surface area contributed by atoms with Crippen LogP contribution in [0.1, 0.15) is 28.7 Å². The van der Waals surface area contributed by atoms with E-state index in [-0.39, 0.29) is 17.8 Å². The smallest absolute Gasteiger partial charge is 0.312 e. The maximum Gasteiger partial charge on any atom is 0.332 e. The summed E-state index contributed by atoms with van der Waals surface area (Å²) in [6, 6.07) is 14.2. The van der Waals surface area contributed by atoms with Crippen molar-refractivity contribution in [1.82, 2.24) is 18.7 Å². The second-order valence-electron chi connectivity index (χ2n) is 8.73. The molecule has 1 aliphatic rings. The van der Waals surface area contributed by atoms with Gasteiger partial charge in [0.15, 0.2) is 11.2 Å². The van der Waals surface area contributed by atoms with Crippen LogP contribution in [0.2, 0.25) is 0 Å². The van der Waals surface area contributed by atoms with Crippen molar-refractivity contribution in [3.8, 4) is 0 Å². The summed E-state index contributed by atoms with van der Waals surface area (Å²) in [5, 5.41) is 0. The average molecular weight is 430 g/mol. The van der Waals surface area contributed by atoms with E-state index >= 15 is 0 Å². The molecule has 2 aromatic heterocycles. The molecule has 3 heterocycles. The lowest BCUT2D eigenvalue weighted by molar-refractivity contribution is 0.597. The van der Waals surface area contributed by atoms with Gasteiger partial charge in [-0.05, 0) is 56.0 Å². The van der Waals surface area contributed by atoms with Gasteiger partial charge in [0.1, 0.15) is 0 Å². The molecule has 0 saturated carbocycles. The van der Waals surface area contributed by atoms with Crippen LogP contribution in [0.15, 0.2) is 52.1 Å². The number of fused-ring (bicyclic) bond motifs is 3. The van der Waals surface area contributed by atoms with E-state index in [4.69, 9.17) is 4.98 Å². The third-order valence-corrected chi connectivity index (χ3v) is 6.44. The first-order valence-electron chi connectivity index (χ1n) is 11.0. The van der Waals surface area contributed by atoms with Gasteiger partial charge in [-0.1, -0.05) is 35.9 Å². The zero-order chi connectivity index (χ0) is 22.6. The number of hydrogen-bond donors (Lipinski definition) is 0. The molecule has 164 valence electrons. The van der Waals surface area contributed by atoms with Crippen molar-refractivity contribution < 1.29 is 0 Å². The summed E-state index contributed by atoms with van der Waals surface area (Å²) >= 11 is 0. The molecule has 0 saturated heterocycles. The minimum Gasteiger partial charge on any atom is -0.312 e. The number of imidazole rings is 1. The van der Waals surface area contributed by atoms with Crippen molar-refractivity contribution >= 4 is 22.8 Å². The Kier molecular flexibility index (Phi) is 4.77. The Balaban J connectivity index is 1.70. The number of rotatable bonds is 3. The van der Waals surface area contributed by atoms with Gasteiger partial charge in [0, 0.05) is 25.8 Å². The monoisotopic (exact) mass is 429 g/mol. The van der Waals surface area contributed by atoms with Crippen molar-refractivity contribution in [3.05, 3.63) is 85.6 Å². The fraction of sp³-hybridized carbons (Fsp3) is 0.320. The molecule has 0 fully saturated rings. The molecule has 5 rings (SSSR count). The maximum atomic E-state index is 13.5. The molecular weight excluding hydrogens is 402 g/mol. The molecule has 4 aromatic rings. The number of aryl methyl sites for hydroxylation is 5. The zero-order valence-electron chi connectivity index (χ0n) is 18.9. The first kappa shape index (κ1) is 20.3. The minimum absolute atomic E-state index is 0.241. The Morgan fingerprint density at radius 3 is 2.53 bits per heavy atom. The van der Waals surface area contributed by atoms with Crippen LogP contribution in [0.4, 0.5) is 11.6 Å². The lowest BCUT2D eigenvalue weighted by atomic mass is 10.1. The highest BCUT2D eigenvalue weighted by molar-refractivity contribution is 5.77. The summed E-state index contributed by atoms with van der Waals surface area (Å²) in [6.45, 7) is 7.95. The van der Waals surface area contributed by atoms with Gasteiger partial charge in [-0.3, -0.25) is 13.9 Å². The SMILES string of the molecule is Cc1cccc(Cn2c(=O)c3c(nc4n3CCCN4c3ccc(C)c(C)c3)n(C)c2=O)c1. The highest BCUT2D eigenvalue weighted by atomic mass is 16.2. The summed E-state index contributed by atoms with van der Waals surface area (Å²) in [5.74, 6) is 0.718. The largest absolute Gasteiger partial charge is 0.332 e. The molecule has 7 nitrogen and oxygen atoms in total. The fourth-order valence-electron chi connectivity index (χ4n) is 4.54. The summed E-state index contributed by atoms with van der Waals surface area (Å²) in [7, 11) is 1.69. The second kappa shape index (κ2) is 7.51. The van der Waals surface area contributed by atoms with Crippen molar-refractivity contribution in [2.24, 2.45) is 7.05 Å². The molecule has 0 aliphatic carbocycles. The molecule has 0 unspecified atom stereocenters. The summed E-state index contributed by atoms with van der Waals surface area (Å²) < 4.78 is 4.79. The van der Waals surface area contributed by atoms with E-state index in [1.54, 1.807) is 7.05 Å². The molecule has 0 spiro atoms. The third-order valence-electron chi connectivity index (χ3n) is 6.44. The summed E-state index contributed by atoms with van der Waals surface area (Å²) in [6.07, 6.45) is 0.894. The minimum atomic E-state index is -0.350. The first-order chi connectivity index (χ1) is 15.3. The normalized spacial score (nSPS) is 13.6. The molecule has 0 amide bonds. The first-order valence-corrected chi connectivity index (χ1v) is 11.0. The third kappa shape index (κ3) is 3.16. The molecular formula is C25H27N5O2. The van der Waals surface area contributed by atoms with E-state index in [2.05, 4.69) is 36.9 Å². The van der Waals surface area contributed by atoms with Crippen molar-refractivity contribution in [1.29, 1.82) is 0 Å². The van der Waals surface area contributed by atoms with Gasteiger partial charge in [0.05, 0.1) is 6.54 Å². The molecule has 1 aliphatic heterocycles. The predicted octanol–water partition coefficient (Wildman–Crippen LogP) is 3.41. The molecule has 0 radical (unpaired) electrons. The van der Waals surface area contributed by atoms with Gasteiger partial charge in [0.2, 0.25) is 5.95 Å². The van der Waals surface area contributed by atoms with E-state index in [0.717, 1.165) is 35.7 Å². The lowest BCUT2D eigenvalue weighted by Crippen LogP contribution is -2.40. The van der Waals surface area contributed by atoms with Crippen LogP contribution in [0, 0.1) is 20.8 Å². The molecule has 32 heavy (non-hydrogen) atoms. The summed E-state index contributed by atoms with van der Waals surface area (Å²) in [5.41, 5.74) is 5.81. The quantitative estimate of drug-likeness (QED) is 0.501. The zero-order valence-corrected chi connectivity index (χ0v) is 18.9. The average Bonchev–Trinajstić information content (AvgIpc) is 3.17. The highest BCUT2D eigenvalue weighted by Gasteiger charge is 2.27. The fourth-order valence-corrected chi connectivity index (χ4v) is 4.54. The number of anilines is 2. The number of benzene rings is 2. The lowest BCUT2D eigenvalue weighted by Gasteiger charge is -2.29. The van der Waals surface area contributed by atoms with E-state index in [9.17, 15) is 9.59 Å². The van der Waals surface area contributed by atoms with Gasteiger partial charge in [-0.15, -0.1) is 0 Å². The summed E-state index contributed by atoms with van der Waals surface area (Å²) in [4.78, 5) is 33.6. The van der Waals surface area contributed by atoms with Crippen molar-refractivity contribution in [2.75, 3.05) is 11.4 Å². The van der Waals surface area contributed by atoms with Crippen LogP contribution in [-0.4, -0.2) is 25.2 Å². The maximum absolute atomic E-state index is 13.5. The van der Waals surface area contributed by atoms with Gasteiger partial charge >= 0.3 is 5.69 Å². The van der Waals surface area contributed by atoms with Crippen molar-refractivity contribution in [2.45, 2.75) is 40.3 Å². The molecule has 7 heteroatoms. The van der Waals surface area contributed by atoms with Crippen LogP contribution < -0.4 is 16.1 Å². The standard InChI is InChI=1S/C25H27N5O2/c1-16-7-5-8-19(13-16)15-30-23(31)21-22(27(4)25(30)32)26-24-28(11-6-12-29(21)24)20-10-9-17(2)18(3)14-20/h5,7-10,13-14H,6,11-12,15H2,1-4H3. The van der Waals surface area contributed by atoms with Crippen LogP contribution >= 0.6 is 0 Å². The van der Waals surface area contributed by atoms with E-state index in [1.165, 1.54) is 20.3 Å². The van der Waals surface area contributed by atoms with Crippen LogP contribution in [0.3, 0.4) is 0 Å². The Morgan fingerprint density at radius 2 is 1.78 bits per heavy atom. The van der Waals surface area contributed by atoms with E-state index in [1.807, 2.05) is 35.8 Å². The van der Waals surface area contributed by atoms with Gasteiger partial charge in [-0.2, -0.15) is 4.98 Å². The molecule has 0 N–H and O–H groups in total. The molecule has 0 bridgehead atoms. The van der Waals surface area contributed by atoms with Crippen LogP contribution in [-0.2, 0) is 20.1 Å². The predicted molar refractivity (Wildman–Crippen MR) is 127 cm³/mol. The van der Waals surface area contributed by atoms with Crippen molar-refractivity contribution in [3.63, 3.8) is 0 Å². The van der Waals surface area contributed by atoms with Gasteiger partial charge < -0.3 is 9.47 Å². The Hall–Kier alpha value is -3.61. The number of hydrogen-bond acceptors (Lipinski definition) is 4. The topological polar surface area (TPSA) is 65.1 Å². The number of aromatic nitrogens is 4. The van der Waals surface area contributed by atoms with Crippen LogP contribution in [0.25, 0.3) is 11.2 Å². The molecule has 0 atom stereocenters. The van der Waals surface area contributed by atoms with E-state index in [0.29, 0.717) is 17.7 Å². The van der Waals surface area contributed by atoms with E-state index < -0.39 is 0 Å². The van der Waals surface area contributed by atoms with Gasteiger partial charge in [0.25, 0.3) is 5.56 Å². The Labute approximate surface area is 186 Å². The second-order valence-corrected chi connectivity index (χ2v) is 8.73.